The molecule has 0 unspecified atom stereocenters. The van der Waals surface area contributed by atoms with Crippen LogP contribution in [0, 0.1) is 0 Å². The first-order valence-corrected chi connectivity index (χ1v) is 6.08. The van der Waals surface area contributed by atoms with E-state index in [0.717, 1.165) is 11.3 Å². The molecule has 1 heterocycles. The number of aromatic amines is 1. The average molecular weight is 264 g/mol. The molecule has 7 heteroatoms. The molecule has 0 radical (unpaired) electrons. The number of nitrogens with two attached hydrogens (primary N) is 1. The molecule has 0 spiro atoms. The third-order valence-electron chi connectivity index (χ3n) is 2.15. The maximum atomic E-state index is 11.6. The van der Waals surface area contributed by atoms with Crippen LogP contribution < -0.4 is 21.2 Å². The third kappa shape index (κ3) is 3.36. The molecule has 2 amide bonds. The highest BCUT2D eigenvalue weighted by molar-refractivity contribution is 7.07. The first-order valence-electron chi connectivity index (χ1n) is 5.20. The minimum absolute atomic E-state index is 0.136. The first-order chi connectivity index (χ1) is 8.63. The van der Waals surface area contributed by atoms with Crippen LogP contribution in [0.4, 0.5) is 16.2 Å². The van der Waals surface area contributed by atoms with Crippen molar-refractivity contribution in [3.8, 4) is 0 Å². The number of benzene rings is 1. The molecule has 0 aliphatic rings. The van der Waals surface area contributed by atoms with Gasteiger partial charge < -0.3 is 21.4 Å². The number of anilines is 2. The highest BCUT2D eigenvalue weighted by Crippen LogP contribution is 2.11. The molecular formula is C11H12N4O2S. The Balaban J connectivity index is 1.87. The van der Waals surface area contributed by atoms with Gasteiger partial charge in [-0.05, 0) is 18.2 Å². The first kappa shape index (κ1) is 12.2. The van der Waals surface area contributed by atoms with Gasteiger partial charge in [-0.2, -0.15) is 0 Å². The van der Waals surface area contributed by atoms with Gasteiger partial charge >= 0.3 is 10.9 Å². The Hall–Kier alpha value is -2.28. The van der Waals surface area contributed by atoms with E-state index in [1.165, 1.54) is 0 Å². The van der Waals surface area contributed by atoms with Gasteiger partial charge in [-0.3, -0.25) is 4.79 Å². The standard InChI is InChI=1S/C11H12N4O2S/c12-7-2-1-3-8(4-7)14-10(16)13-5-9-6-18-11(17)15-9/h1-4,6H,5,12H2,(H,15,17)(H2,13,14,16). The lowest BCUT2D eigenvalue weighted by Gasteiger charge is -2.07. The minimum atomic E-state index is -0.354. The van der Waals surface area contributed by atoms with Gasteiger partial charge in [0.15, 0.2) is 0 Å². The number of rotatable bonds is 3. The van der Waals surface area contributed by atoms with E-state index in [2.05, 4.69) is 15.6 Å². The van der Waals surface area contributed by atoms with E-state index in [-0.39, 0.29) is 17.4 Å². The van der Waals surface area contributed by atoms with Crippen molar-refractivity contribution in [1.29, 1.82) is 0 Å². The SMILES string of the molecule is Nc1cccc(NC(=O)NCc2csc(=O)[nH]2)c1. The van der Waals surface area contributed by atoms with E-state index in [4.69, 9.17) is 5.73 Å². The zero-order valence-electron chi connectivity index (χ0n) is 9.40. The Bertz CT molecular complexity index is 605. The number of H-pyrrole nitrogens is 1. The predicted molar refractivity (Wildman–Crippen MR) is 71.7 cm³/mol. The maximum Gasteiger partial charge on any atom is 0.319 e. The van der Waals surface area contributed by atoms with E-state index >= 15 is 0 Å². The monoisotopic (exact) mass is 264 g/mol. The highest BCUT2D eigenvalue weighted by Gasteiger charge is 2.03. The fourth-order valence-electron chi connectivity index (χ4n) is 1.37. The van der Waals surface area contributed by atoms with Crippen LogP contribution in [0.2, 0.25) is 0 Å². The summed E-state index contributed by atoms with van der Waals surface area (Å²) in [7, 11) is 0. The smallest absolute Gasteiger partial charge is 0.319 e. The molecule has 2 aromatic rings. The summed E-state index contributed by atoms with van der Waals surface area (Å²) in [5.41, 5.74) is 7.46. The van der Waals surface area contributed by atoms with Crippen LogP contribution in [0.15, 0.2) is 34.4 Å². The van der Waals surface area contributed by atoms with Crippen molar-refractivity contribution < 1.29 is 4.79 Å². The number of nitrogens with one attached hydrogen (secondary N) is 3. The van der Waals surface area contributed by atoms with Crippen LogP contribution >= 0.6 is 11.3 Å². The van der Waals surface area contributed by atoms with E-state index in [9.17, 15) is 9.59 Å². The summed E-state index contributed by atoms with van der Waals surface area (Å²) in [6, 6.07) is 6.53. The van der Waals surface area contributed by atoms with E-state index < -0.39 is 0 Å². The number of urea groups is 1. The lowest BCUT2D eigenvalue weighted by atomic mass is 10.3. The second-order valence-electron chi connectivity index (χ2n) is 3.61. The molecule has 5 N–H and O–H groups in total. The summed E-state index contributed by atoms with van der Waals surface area (Å²) in [4.78, 5) is 24.9. The molecule has 94 valence electrons. The Morgan fingerprint density at radius 3 is 2.94 bits per heavy atom. The van der Waals surface area contributed by atoms with Gasteiger partial charge in [-0.1, -0.05) is 17.4 Å². The molecule has 0 saturated carbocycles. The highest BCUT2D eigenvalue weighted by atomic mass is 32.1. The van der Waals surface area contributed by atoms with Gasteiger partial charge in [0.25, 0.3) is 0 Å². The topological polar surface area (TPSA) is 100 Å². The Morgan fingerprint density at radius 2 is 2.28 bits per heavy atom. The molecule has 18 heavy (non-hydrogen) atoms. The lowest BCUT2D eigenvalue weighted by Crippen LogP contribution is -2.28. The minimum Gasteiger partial charge on any atom is -0.399 e. The van der Waals surface area contributed by atoms with Crippen molar-refractivity contribution in [2.75, 3.05) is 11.1 Å². The largest absolute Gasteiger partial charge is 0.399 e. The zero-order chi connectivity index (χ0) is 13.0. The number of carbonyl (C=O) groups is 1. The second kappa shape index (κ2) is 5.37. The lowest BCUT2D eigenvalue weighted by molar-refractivity contribution is 0.251. The summed E-state index contributed by atoms with van der Waals surface area (Å²) < 4.78 is 0. The Labute approximate surface area is 107 Å². The maximum absolute atomic E-state index is 11.6. The molecule has 0 atom stereocenters. The molecule has 6 nitrogen and oxygen atoms in total. The Kier molecular flexibility index (Phi) is 3.63. The molecule has 1 aromatic heterocycles. The summed E-state index contributed by atoms with van der Waals surface area (Å²) in [6.07, 6.45) is 0. The van der Waals surface area contributed by atoms with Crippen molar-refractivity contribution in [3.63, 3.8) is 0 Å². The van der Waals surface area contributed by atoms with Gasteiger partial charge in [-0.25, -0.2) is 4.79 Å². The van der Waals surface area contributed by atoms with Crippen LogP contribution in [0.25, 0.3) is 0 Å². The van der Waals surface area contributed by atoms with Crippen LogP contribution in [0.3, 0.4) is 0 Å². The van der Waals surface area contributed by atoms with Gasteiger partial charge in [0.2, 0.25) is 0 Å². The van der Waals surface area contributed by atoms with Gasteiger partial charge in [-0.15, -0.1) is 0 Å². The van der Waals surface area contributed by atoms with Crippen molar-refractivity contribution in [2.45, 2.75) is 6.54 Å². The molecule has 0 saturated heterocycles. The summed E-state index contributed by atoms with van der Waals surface area (Å²) in [5.74, 6) is 0. The predicted octanol–water partition coefficient (Wildman–Crippen LogP) is 1.34. The third-order valence-corrected chi connectivity index (χ3v) is 2.87. The quantitative estimate of drug-likeness (QED) is 0.629. The number of hydrogen-bond acceptors (Lipinski definition) is 4. The number of thiazole rings is 1. The second-order valence-corrected chi connectivity index (χ2v) is 4.45. The number of carbonyl (C=O) groups excluding carboxylic acids is 1. The summed E-state index contributed by atoms with van der Waals surface area (Å²) in [5, 5.41) is 6.94. The molecule has 0 bridgehead atoms. The zero-order valence-corrected chi connectivity index (χ0v) is 10.2. The van der Waals surface area contributed by atoms with Gasteiger partial charge in [0.1, 0.15) is 0 Å². The summed E-state index contributed by atoms with van der Waals surface area (Å²) in [6.45, 7) is 0.271. The molecule has 0 fully saturated rings. The number of nitrogen functional groups attached to an aromatic ring is 1. The van der Waals surface area contributed by atoms with E-state index in [1.807, 2.05) is 0 Å². The fourth-order valence-corrected chi connectivity index (χ4v) is 1.95. The molecule has 2 rings (SSSR count). The Morgan fingerprint density at radius 1 is 1.44 bits per heavy atom. The summed E-state index contributed by atoms with van der Waals surface area (Å²) >= 11 is 1.06. The molecule has 1 aromatic carbocycles. The molecule has 0 aliphatic carbocycles. The number of hydrogen-bond donors (Lipinski definition) is 4. The van der Waals surface area contributed by atoms with Crippen molar-refractivity contribution in [2.24, 2.45) is 0 Å². The van der Waals surface area contributed by atoms with Crippen LogP contribution in [-0.2, 0) is 6.54 Å². The van der Waals surface area contributed by atoms with E-state index in [0.29, 0.717) is 17.1 Å². The average Bonchev–Trinajstić information content (AvgIpc) is 2.73. The number of aromatic nitrogens is 1. The normalized spacial score (nSPS) is 10.0. The van der Waals surface area contributed by atoms with Crippen LogP contribution in [0.5, 0.6) is 0 Å². The van der Waals surface area contributed by atoms with E-state index in [1.54, 1.807) is 29.6 Å². The van der Waals surface area contributed by atoms with Crippen LogP contribution in [-0.4, -0.2) is 11.0 Å². The van der Waals surface area contributed by atoms with Crippen molar-refractivity contribution in [3.05, 3.63) is 45.0 Å². The molecular weight excluding hydrogens is 252 g/mol. The van der Waals surface area contributed by atoms with Crippen molar-refractivity contribution in [1.82, 2.24) is 10.3 Å². The van der Waals surface area contributed by atoms with Crippen LogP contribution in [0.1, 0.15) is 5.69 Å². The molecule has 0 aliphatic heterocycles. The van der Waals surface area contributed by atoms with Crippen molar-refractivity contribution >= 4 is 28.7 Å². The number of amides is 2. The fraction of sp³-hybridized carbons (Fsp3) is 0.0909. The van der Waals surface area contributed by atoms with Gasteiger partial charge in [0, 0.05) is 22.4 Å². The van der Waals surface area contributed by atoms with Gasteiger partial charge in [0.05, 0.1) is 6.54 Å².